The van der Waals surface area contributed by atoms with E-state index in [1.165, 1.54) is 36.4 Å². The minimum Gasteiger partial charge on any atom is -0.322 e. The second-order valence-electron chi connectivity index (χ2n) is 5.68. The number of hydrogen-bond acceptors (Lipinski definition) is 5. The highest BCUT2D eigenvalue weighted by molar-refractivity contribution is 7.89. The summed E-state index contributed by atoms with van der Waals surface area (Å²) >= 11 is 5.73. The number of benzene rings is 2. The summed E-state index contributed by atoms with van der Waals surface area (Å²) in [6.45, 7) is 3.36. The van der Waals surface area contributed by atoms with Gasteiger partial charge in [-0.25, -0.2) is 13.1 Å². The van der Waals surface area contributed by atoms with Crippen molar-refractivity contribution in [3.8, 4) is 0 Å². The van der Waals surface area contributed by atoms with Crippen LogP contribution < -0.4 is 10.0 Å². The van der Waals surface area contributed by atoms with Crippen molar-refractivity contribution in [1.82, 2.24) is 4.72 Å². The quantitative estimate of drug-likeness (QED) is 0.573. The van der Waals surface area contributed by atoms with Crippen molar-refractivity contribution < 1.29 is 18.1 Å². The molecular weight excluding hydrogens is 382 g/mol. The zero-order chi connectivity index (χ0) is 19.5. The fourth-order valence-electron chi connectivity index (χ4n) is 2.12. The van der Waals surface area contributed by atoms with Crippen LogP contribution in [0.15, 0.2) is 47.4 Å². The first-order valence-corrected chi connectivity index (χ1v) is 9.34. The molecule has 2 aromatic carbocycles. The third-order valence-electron chi connectivity index (χ3n) is 3.20. The number of anilines is 1. The fraction of sp³-hybridized carbons (Fsp3) is 0.188. The minimum absolute atomic E-state index is 0.0547. The first kappa shape index (κ1) is 19.8. The van der Waals surface area contributed by atoms with Gasteiger partial charge in [-0.3, -0.25) is 14.9 Å². The molecule has 0 saturated heterocycles. The Bertz CT molecular complexity index is 960. The molecule has 0 radical (unpaired) electrons. The number of rotatable bonds is 6. The lowest BCUT2D eigenvalue weighted by Gasteiger charge is -2.11. The molecule has 0 aliphatic carbocycles. The van der Waals surface area contributed by atoms with E-state index >= 15 is 0 Å². The molecule has 0 fully saturated rings. The number of halogens is 1. The molecule has 0 bridgehead atoms. The summed E-state index contributed by atoms with van der Waals surface area (Å²) in [7, 11) is -3.75. The lowest BCUT2D eigenvalue weighted by Crippen LogP contribution is -2.30. The molecule has 1 amide bonds. The van der Waals surface area contributed by atoms with Crippen LogP contribution in [0, 0.1) is 10.1 Å². The van der Waals surface area contributed by atoms with Gasteiger partial charge in [-0.1, -0.05) is 17.7 Å². The normalized spacial score (nSPS) is 11.4. The van der Waals surface area contributed by atoms with Crippen LogP contribution in [0.3, 0.4) is 0 Å². The minimum atomic E-state index is -3.75. The van der Waals surface area contributed by atoms with Gasteiger partial charge in [0.1, 0.15) is 5.02 Å². The standard InChI is InChI=1S/C16H16ClN3O5S/c1-10(2)19-26(24,25)13-5-3-4-11(8-13)16(21)18-12-6-7-14(17)15(9-12)20(22)23/h3-10,19H,1-2H3,(H,18,21). The highest BCUT2D eigenvalue weighted by Crippen LogP contribution is 2.27. The Morgan fingerprint density at radius 3 is 2.50 bits per heavy atom. The predicted octanol–water partition coefficient (Wildman–Crippen LogP) is 3.19. The van der Waals surface area contributed by atoms with Crippen molar-refractivity contribution >= 4 is 38.9 Å². The van der Waals surface area contributed by atoms with E-state index in [1.54, 1.807) is 13.8 Å². The predicted molar refractivity (Wildman–Crippen MR) is 98.0 cm³/mol. The summed E-state index contributed by atoms with van der Waals surface area (Å²) in [5, 5.41) is 13.3. The molecule has 0 aromatic heterocycles. The summed E-state index contributed by atoms with van der Waals surface area (Å²) in [6.07, 6.45) is 0. The molecule has 10 heteroatoms. The van der Waals surface area contributed by atoms with Gasteiger partial charge < -0.3 is 5.32 Å². The van der Waals surface area contributed by atoms with E-state index in [1.807, 2.05) is 0 Å². The average molecular weight is 398 g/mol. The maximum absolute atomic E-state index is 12.4. The molecule has 138 valence electrons. The summed E-state index contributed by atoms with van der Waals surface area (Å²) in [5.74, 6) is -0.608. The Labute approximate surface area is 155 Å². The first-order chi connectivity index (χ1) is 12.1. The Balaban J connectivity index is 2.27. The Morgan fingerprint density at radius 1 is 1.19 bits per heavy atom. The van der Waals surface area contributed by atoms with Crippen LogP contribution in [0.4, 0.5) is 11.4 Å². The van der Waals surface area contributed by atoms with E-state index in [0.29, 0.717) is 0 Å². The zero-order valence-corrected chi connectivity index (χ0v) is 15.5. The van der Waals surface area contributed by atoms with E-state index in [4.69, 9.17) is 11.6 Å². The average Bonchev–Trinajstić information content (AvgIpc) is 2.55. The molecular formula is C16H16ClN3O5S. The van der Waals surface area contributed by atoms with Crippen LogP contribution in [-0.2, 0) is 10.0 Å². The van der Waals surface area contributed by atoms with Gasteiger partial charge in [0.25, 0.3) is 11.6 Å². The number of sulfonamides is 1. The molecule has 0 saturated carbocycles. The van der Waals surface area contributed by atoms with Crippen LogP contribution in [0.25, 0.3) is 0 Å². The molecule has 0 heterocycles. The molecule has 0 spiro atoms. The smallest absolute Gasteiger partial charge is 0.289 e. The van der Waals surface area contributed by atoms with Crippen molar-refractivity contribution in [3.63, 3.8) is 0 Å². The number of nitrogens with one attached hydrogen (secondary N) is 2. The van der Waals surface area contributed by atoms with Gasteiger partial charge in [0.15, 0.2) is 0 Å². The molecule has 8 nitrogen and oxygen atoms in total. The Kier molecular flexibility index (Phi) is 5.96. The van der Waals surface area contributed by atoms with E-state index in [9.17, 15) is 23.3 Å². The molecule has 26 heavy (non-hydrogen) atoms. The van der Waals surface area contributed by atoms with Gasteiger partial charge in [-0.05, 0) is 44.2 Å². The zero-order valence-electron chi connectivity index (χ0n) is 13.9. The summed E-state index contributed by atoms with van der Waals surface area (Å²) in [6, 6.07) is 9.01. The van der Waals surface area contributed by atoms with Crippen LogP contribution in [0.5, 0.6) is 0 Å². The van der Waals surface area contributed by atoms with Crippen LogP contribution in [-0.4, -0.2) is 25.3 Å². The SMILES string of the molecule is CC(C)NS(=O)(=O)c1cccc(C(=O)Nc2ccc(Cl)c([N+](=O)[O-])c2)c1. The number of carbonyl (C=O) groups excluding carboxylic acids is 1. The van der Waals surface area contributed by atoms with Gasteiger partial charge in [-0.2, -0.15) is 0 Å². The molecule has 0 aliphatic heterocycles. The lowest BCUT2D eigenvalue weighted by molar-refractivity contribution is -0.384. The highest BCUT2D eigenvalue weighted by atomic mass is 35.5. The topological polar surface area (TPSA) is 118 Å². The van der Waals surface area contributed by atoms with Gasteiger partial charge in [0.2, 0.25) is 10.0 Å². The van der Waals surface area contributed by atoms with Crippen molar-refractivity contribution in [1.29, 1.82) is 0 Å². The number of nitrogens with zero attached hydrogens (tertiary/aromatic N) is 1. The summed E-state index contributed by atoms with van der Waals surface area (Å²) in [4.78, 5) is 22.5. The van der Waals surface area contributed by atoms with Gasteiger partial charge in [0.05, 0.1) is 9.82 Å². The Morgan fingerprint density at radius 2 is 1.88 bits per heavy atom. The number of nitro benzene ring substituents is 1. The number of hydrogen-bond donors (Lipinski definition) is 2. The van der Waals surface area contributed by atoms with Crippen LogP contribution >= 0.6 is 11.6 Å². The fourth-order valence-corrected chi connectivity index (χ4v) is 3.60. The summed E-state index contributed by atoms with van der Waals surface area (Å²) in [5.41, 5.74) is -0.0872. The third kappa shape index (κ3) is 4.78. The Hall–Kier alpha value is -2.49. The number of amides is 1. The third-order valence-corrected chi connectivity index (χ3v) is 5.17. The van der Waals surface area contributed by atoms with Crippen molar-refractivity contribution in [2.24, 2.45) is 0 Å². The molecule has 2 aromatic rings. The molecule has 0 atom stereocenters. The van der Waals surface area contributed by atoms with Crippen molar-refractivity contribution in [2.75, 3.05) is 5.32 Å². The monoisotopic (exact) mass is 397 g/mol. The van der Waals surface area contributed by atoms with Gasteiger partial charge in [0, 0.05) is 23.4 Å². The second kappa shape index (κ2) is 7.81. The van der Waals surface area contributed by atoms with Crippen LogP contribution in [0.1, 0.15) is 24.2 Å². The van der Waals surface area contributed by atoms with E-state index < -0.39 is 20.9 Å². The molecule has 2 N–H and O–H groups in total. The number of carbonyl (C=O) groups is 1. The number of nitro groups is 1. The first-order valence-electron chi connectivity index (χ1n) is 7.48. The highest BCUT2D eigenvalue weighted by Gasteiger charge is 2.18. The van der Waals surface area contributed by atoms with E-state index in [-0.39, 0.29) is 32.9 Å². The molecule has 0 aliphatic rings. The maximum Gasteiger partial charge on any atom is 0.289 e. The van der Waals surface area contributed by atoms with E-state index in [2.05, 4.69) is 10.0 Å². The lowest BCUT2D eigenvalue weighted by atomic mass is 10.2. The largest absolute Gasteiger partial charge is 0.322 e. The van der Waals surface area contributed by atoms with Crippen molar-refractivity contribution in [3.05, 3.63) is 63.2 Å². The van der Waals surface area contributed by atoms with Gasteiger partial charge in [-0.15, -0.1) is 0 Å². The van der Waals surface area contributed by atoms with Gasteiger partial charge >= 0.3 is 0 Å². The second-order valence-corrected chi connectivity index (χ2v) is 7.80. The molecule has 0 unspecified atom stereocenters. The summed E-state index contributed by atoms with van der Waals surface area (Å²) < 4.78 is 26.8. The maximum atomic E-state index is 12.4. The molecule has 2 rings (SSSR count). The van der Waals surface area contributed by atoms with Crippen LogP contribution in [0.2, 0.25) is 5.02 Å². The van der Waals surface area contributed by atoms with E-state index in [0.717, 1.165) is 6.07 Å². The van der Waals surface area contributed by atoms with Crippen molar-refractivity contribution in [2.45, 2.75) is 24.8 Å².